The van der Waals surface area contributed by atoms with Gasteiger partial charge in [-0.25, -0.2) is 0 Å². The molecule has 1 aliphatic heterocycles. The van der Waals surface area contributed by atoms with E-state index < -0.39 is 0 Å². The zero-order valence-corrected chi connectivity index (χ0v) is 6.16. The number of nitrogens with zero attached hydrogens (tertiary/aromatic N) is 1. The van der Waals surface area contributed by atoms with E-state index in [9.17, 15) is 0 Å². The second-order valence-electron chi connectivity index (χ2n) is 2.40. The van der Waals surface area contributed by atoms with Gasteiger partial charge < -0.3 is 0 Å². The molecular weight excluding hydrogens is 118 g/mol. The van der Waals surface area contributed by atoms with Crippen LogP contribution in [0.2, 0.25) is 0 Å². The predicted octanol–water partition coefficient (Wildman–Crippen LogP) is 1.93. The summed E-state index contributed by atoms with van der Waals surface area (Å²) in [6.07, 6.45) is 1.16. The molecule has 2 heteroatoms. The minimum atomic E-state index is 0.269. The largest absolute Gasteiger partial charge is 0.279 e. The SMILES string of the molecule is CCC1(C)CSC=N1. The summed E-state index contributed by atoms with van der Waals surface area (Å²) in [5.41, 5.74) is 2.23. The van der Waals surface area contributed by atoms with E-state index in [-0.39, 0.29) is 5.54 Å². The van der Waals surface area contributed by atoms with Gasteiger partial charge in [-0.05, 0) is 13.3 Å². The Morgan fingerprint density at radius 1 is 1.88 bits per heavy atom. The van der Waals surface area contributed by atoms with E-state index in [1.54, 1.807) is 0 Å². The fraction of sp³-hybridized carbons (Fsp3) is 0.833. The molecule has 1 atom stereocenters. The topological polar surface area (TPSA) is 12.4 Å². The van der Waals surface area contributed by atoms with Crippen molar-refractivity contribution in [2.45, 2.75) is 25.8 Å². The van der Waals surface area contributed by atoms with Crippen LogP contribution < -0.4 is 0 Å². The molecular formula is C6H11NS. The van der Waals surface area contributed by atoms with Crippen LogP contribution in [0.3, 0.4) is 0 Å². The summed E-state index contributed by atoms with van der Waals surface area (Å²) in [6, 6.07) is 0. The van der Waals surface area contributed by atoms with E-state index in [2.05, 4.69) is 18.8 Å². The quantitative estimate of drug-likeness (QED) is 0.527. The summed E-state index contributed by atoms with van der Waals surface area (Å²) in [4.78, 5) is 4.32. The van der Waals surface area contributed by atoms with Gasteiger partial charge in [0.2, 0.25) is 0 Å². The Hall–Kier alpha value is 0.0200. The Balaban J connectivity index is 2.54. The first-order valence-corrected chi connectivity index (χ1v) is 3.97. The van der Waals surface area contributed by atoms with Gasteiger partial charge in [-0.2, -0.15) is 0 Å². The van der Waals surface area contributed by atoms with Gasteiger partial charge in [-0.3, -0.25) is 4.99 Å². The number of hydrogen-bond acceptors (Lipinski definition) is 2. The van der Waals surface area contributed by atoms with E-state index in [0.717, 1.165) is 6.42 Å². The zero-order chi connectivity index (χ0) is 6.04. The van der Waals surface area contributed by atoms with Gasteiger partial charge in [-0.1, -0.05) is 6.92 Å². The zero-order valence-electron chi connectivity index (χ0n) is 5.35. The van der Waals surface area contributed by atoms with Gasteiger partial charge in [0.15, 0.2) is 0 Å². The Kier molecular flexibility index (Phi) is 1.61. The molecule has 0 bridgehead atoms. The molecule has 0 aliphatic carbocycles. The number of thioether (sulfide) groups is 1. The standard InChI is InChI=1S/C6H11NS/c1-3-6(2)4-8-5-7-6/h5H,3-4H2,1-2H3. The van der Waals surface area contributed by atoms with Crippen molar-refractivity contribution in [2.75, 3.05) is 5.75 Å². The lowest BCUT2D eigenvalue weighted by atomic mass is 10.0. The van der Waals surface area contributed by atoms with Crippen LogP contribution in [0.25, 0.3) is 0 Å². The smallest absolute Gasteiger partial charge is 0.0677 e. The van der Waals surface area contributed by atoms with Crippen molar-refractivity contribution in [1.29, 1.82) is 0 Å². The van der Waals surface area contributed by atoms with Gasteiger partial charge in [0.05, 0.1) is 11.1 Å². The summed E-state index contributed by atoms with van der Waals surface area (Å²) in [5, 5.41) is 0. The van der Waals surface area contributed by atoms with Crippen LogP contribution in [0.5, 0.6) is 0 Å². The molecule has 0 amide bonds. The molecule has 0 N–H and O–H groups in total. The van der Waals surface area contributed by atoms with Crippen molar-refractivity contribution in [1.82, 2.24) is 0 Å². The lowest BCUT2D eigenvalue weighted by molar-refractivity contribution is 0.524. The van der Waals surface area contributed by atoms with E-state index in [0.29, 0.717) is 0 Å². The van der Waals surface area contributed by atoms with Gasteiger partial charge >= 0.3 is 0 Å². The molecule has 0 aromatic heterocycles. The molecule has 0 aromatic carbocycles. The molecule has 0 saturated heterocycles. The molecule has 1 nitrogen and oxygen atoms in total. The molecule has 0 fully saturated rings. The van der Waals surface area contributed by atoms with Crippen molar-refractivity contribution in [3.63, 3.8) is 0 Å². The van der Waals surface area contributed by atoms with Crippen LogP contribution in [0.1, 0.15) is 20.3 Å². The highest BCUT2D eigenvalue weighted by Crippen LogP contribution is 2.25. The first-order chi connectivity index (χ1) is 3.77. The van der Waals surface area contributed by atoms with Crippen LogP contribution in [-0.2, 0) is 0 Å². The van der Waals surface area contributed by atoms with E-state index in [1.807, 2.05) is 17.3 Å². The third-order valence-electron chi connectivity index (χ3n) is 1.59. The van der Waals surface area contributed by atoms with Crippen molar-refractivity contribution >= 4 is 17.3 Å². The molecule has 0 aromatic rings. The van der Waals surface area contributed by atoms with Crippen LogP contribution in [0.4, 0.5) is 0 Å². The highest BCUT2D eigenvalue weighted by Gasteiger charge is 2.22. The van der Waals surface area contributed by atoms with Gasteiger partial charge in [0.1, 0.15) is 0 Å². The molecule has 0 radical (unpaired) electrons. The fourth-order valence-corrected chi connectivity index (χ4v) is 1.65. The fourth-order valence-electron chi connectivity index (χ4n) is 0.612. The van der Waals surface area contributed by atoms with Crippen molar-refractivity contribution in [3.8, 4) is 0 Å². The van der Waals surface area contributed by atoms with Gasteiger partial charge in [0, 0.05) is 5.75 Å². The maximum Gasteiger partial charge on any atom is 0.0677 e. The summed E-state index contributed by atoms with van der Waals surface area (Å²) in [7, 11) is 0. The monoisotopic (exact) mass is 129 g/mol. The van der Waals surface area contributed by atoms with E-state index in [1.165, 1.54) is 5.75 Å². The molecule has 1 unspecified atom stereocenters. The molecule has 1 heterocycles. The Morgan fingerprint density at radius 2 is 2.62 bits per heavy atom. The van der Waals surface area contributed by atoms with Crippen LogP contribution >= 0.6 is 11.8 Å². The van der Waals surface area contributed by atoms with E-state index >= 15 is 0 Å². The lowest BCUT2D eigenvalue weighted by Gasteiger charge is -2.15. The summed E-state index contributed by atoms with van der Waals surface area (Å²) in [5.74, 6) is 1.17. The molecule has 1 aliphatic rings. The number of rotatable bonds is 1. The lowest BCUT2D eigenvalue weighted by Crippen LogP contribution is -2.19. The third-order valence-corrected chi connectivity index (χ3v) is 2.64. The Bertz CT molecular complexity index is 111. The highest BCUT2D eigenvalue weighted by atomic mass is 32.2. The highest BCUT2D eigenvalue weighted by molar-refractivity contribution is 8.12. The average molecular weight is 129 g/mol. The Morgan fingerprint density at radius 3 is 2.88 bits per heavy atom. The van der Waals surface area contributed by atoms with Gasteiger partial charge in [0.25, 0.3) is 0 Å². The van der Waals surface area contributed by atoms with Crippen molar-refractivity contribution < 1.29 is 0 Å². The van der Waals surface area contributed by atoms with Crippen molar-refractivity contribution in [3.05, 3.63) is 0 Å². The van der Waals surface area contributed by atoms with Crippen LogP contribution in [0.15, 0.2) is 4.99 Å². The van der Waals surface area contributed by atoms with Crippen molar-refractivity contribution in [2.24, 2.45) is 4.99 Å². The molecule has 8 heavy (non-hydrogen) atoms. The third kappa shape index (κ3) is 1.05. The van der Waals surface area contributed by atoms with Crippen LogP contribution in [0, 0.1) is 0 Å². The minimum Gasteiger partial charge on any atom is -0.279 e. The number of aliphatic imine (C=N–C) groups is 1. The summed E-state index contributed by atoms with van der Waals surface area (Å²) < 4.78 is 0. The minimum absolute atomic E-state index is 0.269. The molecule has 1 rings (SSSR count). The Labute approximate surface area is 54.6 Å². The van der Waals surface area contributed by atoms with E-state index in [4.69, 9.17) is 0 Å². The predicted molar refractivity (Wildman–Crippen MR) is 39.6 cm³/mol. The molecule has 0 spiro atoms. The first kappa shape index (κ1) is 6.14. The van der Waals surface area contributed by atoms with Crippen LogP contribution in [-0.4, -0.2) is 16.8 Å². The molecule has 46 valence electrons. The number of hydrogen-bond donors (Lipinski definition) is 0. The van der Waals surface area contributed by atoms with Gasteiger partial charge in [-0.15, -0.1) is 11.8 Å². The average Bonchev–Trinajstić information content (AvgIpc) is 2.17. The summed E-state index contributed by atoms with van der Waals surface area (Å²) >= 11 is 1.81. The second kappa shape index (κ2) is 2.09. The molecule has 0 saturated carbocycles. The summed E-state index contributed by atoms with van der Waals surface area (Å²) in [6.45, 7) is 4.38. The second-order valence-corrected chi connectivity index (χ2v) is 3.23. The maximum atomic E-state index is 4.32. The maximum absolute atomic E-state index is 4.32. The normalized spacial score (nSPS) is 36.2. The first-order valence-electron chi connectivity index (χ1n) is 2.92.